The van der Waals surface area contributed by atoms with Gasteiger partial charge in [0.15, 0.2) is 5.60 Å². The van der Waals surface area contributed by atoms with Crippen LogP contribution in [0.2, 0.25) is 5.02 Å². The van der Waals surface area contributed by atoms with E-state index in [2.05, 4.69) is 15.3 Å². The molecule has 2 aromatic rings. The maximum atomic E-state index is 12.4. The Morgan fingerprint density at radius 3 is 2.54 bits per heavy atom. The number of aromatic nitrogens is 2. The quantitative estimate of drug-likeness (QED) is 0.869. The third-order valence-electron chi connectivity index (χ3n) is 3.29. The van der Waals surface area contributed by atoms with Crippen LogP contribution < -0.4 is 15.0 Å². The van der Waals surface area contributed by atoms with E-state index in [-0.39, 0.29) is 12.5 Å². The third kappa shape index (κ3) is 4.83. The van der Waals surface area contributed by atoms with Gasteiger partial charge in [-0.2, -0.15) is 0 Å². The van der Waals surface area contributed by atoms with E-state index in [4.69, 9.17) is 16.3 Å². The molecule has 1 heterocycles. The van der Waals surface area contributed by atoms with Crippen LogP contribution in [0.3, 0.4) is 0 Å². The Bertz CT molecular complexity index is 702. The summed E-state index contributed by atoms with van der Waals surface area (Å²) in [6.45, 7) is 3.63. The summed E-state index contributed by atoms with van der Waals surface area (Å²) in [7, 11) is 3.79. The number of ether oxygens (including phenoxy) is 1. The molecule has 1 amide bonds. The van der Waals surface area contributed by atoms with E-state index in [1.807, 2.05) is 19.0 Å². The topological polar surface area (TPSA) is 67.4 Å². The van der Waals surface area contributed by atoms with Gasteiger partial charge < -0.3 is 15.0 Å². The summed E-state index contributed by atoms with van der Waals surface area (Å²) in [4.78, 5) is 22.8. The van der Waals surface area contributed by atoms with Gasteiger partial charge in [0.05, 0.1) is 6.54 Å². The Labute approximate surface area is 146 Å². The summed E-state index contributed by atoms with van der Waals surface area (Å²) in [5, 5.41) is 3.42. The number of rotatable bonds is 6. The van der Waals surface area contributed by atoms with Crippen molar-refractivity contribution in [1.29, 1.82) is 0 Å². The summed E-state index contributed by atoms with van der Waals surface area (Å²) in [6.07, 6.45) is 1.67. The van der Waals surface area contributed by atoms with Crippen molar-refractivity contribution in [3.05, 3.63) is 47.4 Å². The molecule has 1 N–H and O–H groups in total. The van der Waals surface area contributed by atoms with Gasteiger partial charge in [-0.25, -0.2) is 9.97 Å². The molecule has 0 aliphatic carbocycles. The minimum absolute atomic E-state index is 0.230. The molecule has 0 aliphatic heterocycles. The van der Waals surface area contributed by atoms with Gasteiger partial charge >= 0.3 is 0 Å². The number of hydrogen-bond acceptors (Lipinski definition) is 5. The molecule has 0 saturated heterocycles. The molecule has 0 spiro atoms. The van der Waals surface area contributed by atoms with Crippen molar-refractivity contribution in [3.8, 4) is 5.75 Å². The van der Waals surface area contributed by atoms with Crippen LogP contribution in [-0.4, -0.2) is 35.6 Å². The molecule has 0 unspecified atom stereocenters. The molecule has 0 bridgehead atoms. The maximum Gasteiger partial charge on any atom is 0.263 e. The largest absolute Gasteiger partial charge is 0.478 e. The monoisotopic (exact) mass is 348 g/mol. The smallest absolute Gasteiger partial charge is 0.263 e. The molecule has 1 aromatic heterocycles. The fourth-order valence-electron chi connectivity index (χ4n) is 1.94. The lowest BCUT2D eigenvalue weighted by molar-refractivity contribution is -0.134. The zero-order valence-electron chi connectivity index (χ0n) is 14.2. The molecular formula is C17H21ClN4O2. The minimum atomic E-state index is -1.03. The second-order valence-corrected chi connectivity index (χ2v) is 6.41. The van der Waals surface area contributed by atoms with Gasteiger partial charge in [-0.1, -0.05) is 11.6 Å². The van der Waals surface area contributed by atoms with Crippen molar-refractivity contribution in [2.24, 2.45) is 0 Å². The van der Waals surface area contributed by atoms with Gasteiger partial charge in [-0.3, -0.25) is 4.79 Å². The molecule has 6 nitrogen and oxygen atoms in total. The molecular weight excluding hydrogens is 328 g/mol. The second kappa shape index (κ2) is 7.49. The number of carbonyl (C=O) groups is 1. The van der Waals surface area contributed by atoms with E-state index in [9.17, 15) is 4.79 Å². The first-order chi connectivity index (χ1) is 11.3. The number of anilines is 1. The maximum absolute atomic E-state index is 12.4. The van der Waals surface area contributed by atoms with Gasteiger partial charge in [0.2, 0.25) is 0 Å². The van der Waals surface area contributed by atoms with Crippen LogP contribution in [0.25, 0.3) is 0 Å². The molecule has 24 heavy (non-hydrogen) atoms. The minimum Gasteiger partial charge on any atom is -0.478 e. The first-order valence-corrected chi connectivity index (χ1v) is 7.88. The van der Waals surface area contributed by atoms with Crippen LogP contribution >= 0.6 is 11.6 Å². The average Bonchev–Trinajstić information content (AvgIpc) is 2.54. The van der Waals surface area contributed by atoms with Crippen LogP contribution in [0.15, 0.2) is 36.5 Å². The second-order valence-electron chi connectivity index (χ2n) is 5.97. The van der Waals surface area contributed by atoms with Crippen LogP contribution in [0.4, 0.5) is 5.82 Å². The highest BCUT2D eigenvalue weighted by atomic mass is 35.5. The van der Waals surface area contributed by atoms with Gasteiger partial charge in [0.25, 0.3) is 5.91 Å². The van der Waals surface area contributed by atoms with Gasteiger partial charge in [-0.15, -0.1) is 0 Å². The Morgan fingerprint density at radius 2 is 1.92 bits per heavy atom. The molecule has 128 valence electrons. The van der Waals surface area contributed by atoms with E-state index in [0.29, 0.717) is 16.6 Å². The predicted molar refractivity (Wildman–Crippen MR) is 94.4 cm³/mol. The number of nitrogens with zero attached hydrogens (tertiary/aromatic N) is 3. The van der Waals surface area contributed by atoms with Crippen LogP contribution in [-0.2, 0) is 11.3 Å². The van der Waals surface area contributed by atoms with E-state index in [1.165, 1.54) is 0 Å². The number of benzene rings is 1. The van der Waals surface area contributed by atoms with Crippen molar-refractivity contribution < 1.29 is 9.53 Å². The zero-order chi connectivity index (χ0) is 17.7. The SMILES string of the molecule is CN(C)c1ccnc(CNC(=O)C(C)(C)Oc2ccc(Cl)cc2)n1. The third-order valence-corrected chi connectivity index (χ3v) is 3.54. The summed E-state index contributed by atoms with van der Waals surface area (Å²) in [6, 6.07) is 8.68. The fraction of sp³-hybridized carbons (Fsp3) is 0.353. The molecule has 7 heteroatoms. The molecule has 0 saturated carbocycles. The van der Waals surface area contributed by atoms with Crippen molar-refractivity contribution in [2.75, 3.05) is 19.0 Å². The van der Waals surface area contributed by atoms with E-state index in [0.717, 1.165) is 5.82 Å². The summed E-state index contributed by atoms with van der Waals surface area (Å²) < 4.78 is 5.75. The predicted octanol–water partition coefficient (Wildman–Crippen LogP) is 2.67. The molecule has 0 aliphatic rings. The fourth-order valence-corrected chi connectivity index (χ4v) is 2.06. The van der Waals surface area contributed by atoms with Crippen LogP contribution in [0.5, 0.6) is 5.75 Å². The van der Waals surface area contributed by atoms with Gasteiger partial charge in [0, 0.05) is 25.3 Å². The molecule has 1 aromatic carbocycles. The van der Waals surface area contributed by atoms with Gasteiger partial charge in [-0.05, 0) is 44.2 Å². The summed E-state index contributed by atoms with van der Waals surface area (Å²) >= 11 is 5.85. The lowest BCUT2D eigenvalue weighted by atomic mass is 10.1. The van der Waals surface area contributed by atoms with Crippen molar-refractivity contribution >= 4 is 23.3 Å². The number of hydrogen-bond donors (Lipinski definition) is 1. The summed E-state index contributed by atoms with van der Waals surface area (Å²) in [5.41, 5.74) is -1.03. The van der Waals surface area contributed by atoms with E-state index < -0.39 is 5.60 Å². The highest BCUT2D eigenvalue weighted by molar-refractivity contribution is 6.30. The number of halogens is 1. The van der Waals surface area contributed by atoms with Crippen molar-refractivity contribution in [2.45, 2.75) is 26.0 Å². The van der Waals surface area contributed by atoms with E-state index >= 15 is 0 Å². The molecule has 0 atom stereocenters. The first-order valence-electron chi connectivity index (χ1n) is 7.50. The Morgan fingerprint density at radius 1 is 1.25 bits per heavy atom. The standard InChI is InChI=1S/C17H21ClN4O2/c1-17(2,24-13-7-5-12(18)6-8-13)16(23)20-11-14-19-10-9-15(21-14)22(3)4/h5-10H,11H2,1-4H3,(H,20,23). The number of nitrogens with one attached hydrogen (secondary N) is 1. The highest BCUT2D eigenvalue weighted by Gasteiger charge is 2.29. The Hall–Kier alpha value is -2.34. The molecule has 0 fully saturated rings. The average molecular weight is 349 g/mol. The number of amides is 1. The van der Waals surface area contributed by atoms with E-state index in [1.54, 1.807) is 50.4 Å². The summed E-state index contributed by atoms with van der Waals surface area (Å²) in [5.74, 6) is 1.64. The van der Waals surface area contributed by atoms with Crippen molar-refractivity contribution in [3.63, 3.8) is 0 Å². The van der Waals surface area contributed by atoms with Crippen LogP contribution in [0, 0.1) is 0 Å². The van der Waals surface area contributed by atoms with Crippen LogP contribution in [0.1, 0.15) is 19.7 Å². The van der Waals surface area contributed by atoms with Gasteiger partial charge in [0.1, 0.15) is 17.4 Å². The number of carbonyl (C=O) groups excluding carboxylic acids is 1. The molecule has 2 rings (SSSR count). The lowest BCUT2D eigenvalue weighted by Crippen LogP contribution is -2.46. The van der Waals surface area contributed by atoms with Crippen molar-refractivity contribution in [1.82, 2.24) is 15.3 Å². The Balaban J connectivity index is 1.97. The zero-order valence-corrected chi connectivity index (χ0v) is 15.0. The molecule has 0 radical (unpaired) electrons. The normalized spacial score (nSPS) is 11.0. The lowest BCUT2D eigenvalue weighted by Gasteiger charge is -2.25. The highest BCUT2D eigenvalue weighted by Crippen LogP contribution is 2.21. The Kier molecular flexibility index (Phi) is 5.62. The first kappa shape index (κ1) is 18.0.